The summed E-state index contributed by atoms with van der Waals surface area (Å²) in [6.07, 6.45) is 2.37. The van der Waals surface area contributed by atoms with Gasteiger partial charge in [0.25, 0.3) is 11.8 Å². The average molecular weight is 461 g/mol. The van der Waals surface area contributed by atoms with E-state index in [1.54, 1.807) is 4.90 Å². The summed E-state index contributed by atoms with van der Waals surface area (Å²) in [6, 6.07) is 2.95. The maximum absolute atomic E-state index is 13.9. The number of nitrogens with zero attached hydrogens (tertiary/aromatic N) is 2. The minimum absolute atomic E-state index is 0.0324. The van der Waals surface area contributed by atoms with E-state index in [0.717, 1.165) is 6.07 Å². The first-order valence-corrected chi connectivity index (χ1v) is 10.8. The van der Waals surface area contributed by atoms with Crippen LogP contribution in [0.1, 0.15) is 53.1 Å². The average Bonchev–Trinajstić information content (AvgIpc) is 2.75. The third kappa shape index (κ3) is 3.88. The van der Waals surface area contributed by atoms with Gasteiger partial charge in [0.1, 0.15) is 17.2 Å². The van der Waals surface area contributed by atoms with Crippen molar-refractivity contribution in [3.05, 3.63) is 63.1 Å². The number of aromatic hydroxyl groups is 1. The molecule has 0 saturated heterocycles. The number of likely N-dealkylation sites (N-methyl/N-ethyl adjacent to an activating group) is 1. The summed E-state index contributed by atoms with van der Waals surface area (Å²) in [7, 11) is 0. The molecule has 0 bridgehead atoms. The molecule has 0 unspecified atom stereocenters. The van der Waals surface area contributed by atoms with Gasteiger partial charge in [0.15, 0.2) is 11.4 Å². The monoisotopic (exact) mass is 461 g/mol. The summed E-state index contributed by atoms with van der Waals surface area (Å²) < 4.78 is 34.2. The lowest BCUT2D eigenvalue weighted by molar-refractivity contribution is -0.0842. The fourth-order valence-electron chi connectivity index (χ4n) is 4.65. The number of amides is 2. The molecule has 1 aliphatic heterocycles. The zero-order valence-corrected chi connectivity index (χ0v) is 18.4. The molecule has 10 heteroatoms. The Labute approximate surface area is 188 Å². The maximum Gasteiger partial charge on any atom is 0.274 e. The predicted molar refractivity (Wildman–Crippen MR) is 114 cm³/mol. The van der Waals surface area contributed by atoms with Crippen molar-refractivity contribution in [2.75, 3.05) is 19.7 Å². The van der Waals surface area contributed by atoms with Gasteiger partial charge in [-0.15, -0.1) is 0 Å². The number of hydrogen-bond acceptors (Lipinski definition) is 5. The maximum atomic E-state index is 13.9. The molecule has 1 saturated carbocycles. The molecule has 2 N–H and O–H groups in total. The summed E-state index contributed by atoms with van der Waals surface area (Å²) >= 11 is 0. The number of ether oxygens (including phenoxy) is 1. The van der Waals surface area contributed by atoms with Crippen LogP contribution in [0, 0.1) is 11.6 Å². The summed E-state index contributed by atoms with van der Waals surface area (Å²) in [4.78, 5) is 40.1. The van der Waals surface area contributed by atoms with Crippen molar-refractivity contribution in [3.8, 4) is 5.75 Å². The molecule has 8 nitrogen and oxygen atoms in total. The lowest BCUT2D eigenvalue weighted by Gasteiger charge is -2.54. The molecule has 1 aliphatic carbocycles. The predicted octanol–water partition coefficient (Wildman–Crippen LogP) is 2.13. The molecular formula is C23H25F2N3O5. The van der Waals surface area contributed by atoms with Crippen molar-refractivity contribution in [3.63, 3.8) is 0 Å². The standard InChI is InChI=1S/C23H25F2N3O5/c1-3-27-12-23(8-15(9-23)33-4-2)28-11-16(19(29)20(30)18(28)22(27)32)21(31)26-10-13-5-6-14(24)7-17(13)25/h5-7,11,15,30H,3-4,8-10,12H2,1-2H3,(H,26,31). The van der Waals surface area contributed by atoms with Gasteiger partial charge < -0.3 is 24.6 Å². The molecule has 2 aromatic rings. The van der Waals surface area contributed by atoms with Crippen molar-refractivity contribution >= 4 is 11.8 Å². The smallest absolute Gasteiger partial charge is 0.274 e. The van der Waals surface area contributed by atoms with E-state index in [2.05, 4.69) is 5.32 Å². The molecule has 2 heterocycles. The minimum atomic E-state index is -0.986. The molecule has 0 radical (unpaired) electrons. The summed E-state index contributed by atoms with van der Waals surface area (Å²) in [5.41, 5.74) is -2.07. The molecule has 2 amide bonds. The van der Waals surface area contributed by atoms with E-state index in [1.807, 2.05) is 13.8 Å². The Morgan fingerprint density at radius 3 is 2.64 bits per heavy atom. The minimum Gasteiger partial charge on any atom is -0.503 e. The Hall–Kier alpha value is -3.27. The first-order chi connectivity index (χ1) is 15.7. The second kappa shape index (κ2) is 8.58. The van der Waals surface area contributed by atoms with Crippen LogP contribution < -0.4 is 10.7 Å². The number of aromatic nitrogens is 1. The Bertz CT molecular complexity index is 1170. The zero-order chi connectivity index (χ0) is 23.9. The van der Waals surface area contributed by atoms with Crippen molar-refractivity contribution in [2.45, 2.75) is 44.9 Å². The lowest BCUT2D eigenvalue weighted by atomic mass is 9.71. The number of benzene rings is 1. The number of halogens is 2. The topological polar surface area (TPSA) is 101 Å². The molecule has 176 valence electrons. The second-order valence-electron chi connectivity index (χ2n) is 8.39. The first-order valence-electron chi connectivity index (χ1n) is 10.8. The SMILES string of the molecule is CCOC1CC2(C1)CN(CC)C(=O)c1c(O)c(=O)c(C(=O)NCc3ccc(F)cc3F)cn12. The largest absolute Gasteiger partial charge is 0.503 e. The van der Waals surface area contributed by atoms with Gasteiger partial charge >= 0.3 is 0 Å². The van der Waals surface area contributed by atoms with Crippen molar-refractivity contribution in [2.24, 2.45) is 0 Å². The highest BCUT2D eigenvalue weighted by atomic mass is 19.1. The van der Waals surface area contributed by atoms with Gasteiger partial charge in [0.2, 0.25) is 5.43 Å². The molecule has 1 fully saturated rings. The molecule has 0 atom stereocenters. The van der Waals surface area contributed by atoms with E-state index >= 15 is 0 Å². The first kappa shape index (κ1) is 22.9. The number of carbonyl (C=O) groups is 2. The van der Waals surface area contributed by atoms with Crippen LogP contribution >= 0.6 is 0 Å². The summed E-state index contributed by atoms with van der Waals surface area (Å²) in [5.74, 6) is -3.70. The molecule has 2 aliphatic rings. The van der Waals surface area contributed by atoms with Gasteiger partial charge in [-0.2, -0.15) is 0 Å². The third-order valence-corrected chi connectivity index (χ3v) is 6.37. The van der Waals surface area contributed by atoms with Gasteiger partial charge in [-0.05, 0) is 32.8 Å². The fourth-order valence-corrected chi connectivity index (χ4v) is 4.65. The van der Waals surface area contributed by atoms with E-state index in [0.29, 0.717) is 38.6 Å². The van der Waals surface area contributed by atoms with Crippen molar-refractivity contribution in [1.82, 2.24) is 14.8 Å². The molecule has 1 spiro atoms. The Morgan fingerprint density at radius 1 is 1.27 bits per heavy atom. The van der Waals surface area contributed by atoms with Crippen LogP contribution in [0.4, 0.5) is 8.78 Å². The van der Waals surface area contributed by atoms with Crippen LogP contribution in [0.5, 0.6) is 5.75 Å². The number of hydrogen-bond donors (Lipinski definition) is 2. The van der Waals surface area contributed by atoms with E-state index in [-0.39, 0.29) is 29.5 Å². The van der Waals surface area contributed by atoms with Crippen LogP contribution in [0.15, 0.2) is 29.2 Å². The van der Waals surface area contributed by atoms with E-state index in [9.17, 15) is 28.3 Å². The zero-order valence-electron chi connectivity index (χ0n) is 18.4. The van der Waals surface area contributed by atoms with Gasteiger partial charge in [-0.25, -0.2) is 8.78 Å². The highest BCUT2D eigenvalue weighted by Gasteiger charge is 2.52. The van der Waals surface area contributed by atoms with Gasteiger partial charge in [0, 0.05) is 44.1 Å². The van der Waals surface area contributed by atoms with E-state index in [1.165, 1.54) is 16.8 Å². The van der Waals surface area contributed by atoms with E-state index < -0.39 is 40.2 Å². The molecule has 4 rings (SSSR count). The van der Waals surface area contributed by atoms with Crippen molar-refractivity contribution in [1.29, 1.82) is 0 Å². The quantitative estimate of drug-likeness (QED) is 0.687. The molecular weight excluding hydrogens is 436 g/mol. The number of nitrogens with one attached hydrogen (secondary N) is 1. The normalized spacial score (nSPS) is 21.6. The van der Waals surface area contributed by atoms with Crippen LogP contribution in [0.25, 0.3) is 0 Å². The number of fused-ring (bicyclic) bond motifs is 2. The number of pyridine rings is 1. The van der Waals surface area contributed by atoms with Gasteiger partial charge in [-0.3, -0.25) is 14.4 Å². The van der Waals surface area contributed by atoms with Gasteiger partial charge in [0.05, 0.1) is 11.6 Å². The van der Waals surface area contributed by atoms with Crippen LogP contribution in [0.3, 0.4) is 0 Å². The third-order valence-electron chi connectivity index (χ3n) is 6.37. The summed E-state index contributed by atoms with van der Waals surface area (Å²) in [5, 5.41) is 13.1. The van der Waals surface area contributed by atoms with Crippen LogP contribution in [0.2, 0.25) is 0 Å². The fraction of sp³-hybridized carbons (Fsp3) is 0.435. The lowest BCUT2D eigenvalue weighted by Crippen LogP contribution is -2.62. The summed E-state index contributed by atoms with van der Waals surface area (Å²) in [6.45, 7) is 4.71. The number of carbonyl (C=O) groups excluding carboxylic acids is 2. The van der Waals surface area contributed by atoms with Crippen molar-refractivity contribution < 1.29 is 28.2 Å². The number of rotatable bonds is 6. The highest BCUT2D eigenvalue weighted by molar-refractivity contribution is 5.99. The Kier molecular flexibility index (Phi) is 5.96. The molecule has 1 aromatic heterocycles. The highest BCUT2D eigenvalue weighted by Crippen LogP contribution is 2.46. The molecule has 1 aromatic carbocycles. The van der Waals surface area contributed by atoms with Gasteiger partial charge in [-0.1, -0.05) is 6.07 Å². The molecule has 33 heavy (non-hydrogen) atoms. The van der Waals surface area contributed by atoms with Crippen LogP contribution in [-0.2, 0) is 16.8 Å². The Balaban J connectivity index is 1.69. The van der Waals surface area contributed by atoms with E-state index in [4.69, 9.17) is 4.74 Å². The second-order valence-corrected chi connectivity index (χ2v) is 8.39. The Morgan fingerprint density at radius 2 is 2.00 bits per heavy atom. The van der Waals surface area contributed by atoms with Crippen LogP contribution in [-0.4, -0.2) is 52.2 Å².